The summed E-state index contributed by atoms with van der Waals surface area (Å²) in [7, 11) is -3.31. The van der Waals surface area contributed by atoms with E-state index >= 15 is 0 Å². The quantitative estimate of drug-likeness (QED) is 0.818. The molecule has 8 heteroatoms. The SMILES string of the molecule is Cc1nc(N2CCCN(S(=O)(=O)N3CCCC3)CC2)nc(C)c1C. The molecule has 134 valence electrons. The predicted molar refractivity (Wildman–Crippen MR) is 94.4 cm³/mol. The summed E-state index contributed by atoms with van der Waals surface area (Å²) in [5.74, 6) is 0.719. The van der Waals surface area contributed by atoms with Gasteiger partial charge in [-0.3, -0.25) is 0 Å². The van der Waals surface area contributed by atoms with Crippen LogP contribution in [0, 0.1) is 20.8 Å². The third kappa shape index (κ3) is 3.41. The highest BCUT2D eigenvalue weighted by atomic mass is 32.2. The molecular weight excluding hydrogens is 326 g/mol. The fraction of sp³-hybridized carbons (Fsp3) is 0.750. The zero-order valence-electron chi connectivity index (χ0n) is 14.8. The van der Waals surface area contributed by atoms with Crippen LogP contribution in [0.2, 0.25) is 0 Å². The maximum Gasteiger partial charge on any atom is 0.282 e. The predicted octanol–water partition coefficient (Wildman–Crippen LogP) is 1.25. The summed E-state index contributed by atoms with van der Waals surface area (Å²) in [5, 5.41) is 0. The third-order valence-electron chi connectivity index (χ3n) is 5.08. The van der Waals surface area contributed by atoms with E-state index in [0.29, 0.717) is 32.7 Å². The molecule has 0 saturated carbocycles. The van der Waals surface area contributed by atoms with E-state index in [1.165, 1.54) is 0 Å². The second kappa shape index (κ2) is 6.93. The van der Waals surface area contributed by atoms with Crippen molar-refractivity contribution in [2.45, 2.75) is 40.0 Å². The number of aryl methyl sites for hydroxylation is 2. The van der Waals surface area contributed by atoms with E-state index in [1.807, 2.05) is 20.8 Å². The molecule has 0 spiro atoms. The van der Waals surface area contributed by atoms with Gasteiger partial charge in [-0.05, 0) is 45.6 Å². The van der Waals surface area contributed by atoms with Crippen LogP contribution in [0.3, 0.4) is 0 Å². The second-order valence-electron chi connectivity index (χ2n) is 6.67. The van der Waals surface area contributed by atoms with Gasteiger partial charge >= 0.3 is 0 Å². The zero-order chi connectivity index (χ0) is 17.3. The first-order valence-electron chi connectivity index (χ1n) is 8.71. The number of nitrogens with zero attached hydrogens (tertiary/aromatic N) is 5. The van der Waals surface area contributed by atoms with Crippen molar-refractivity contribution in [2.24, 2.45) is 0 Å². The van der Waals surface area contributed by atoms with Crippen molar-refractivity contribution in [3.05, 3.63) is 17.0 Å². The smallest absolute Gasteiger partial charge is 0.282 e. The molecule has 0 unspecified atom stereocenters. The minimum Gasteiger partial charge on any atom is -0.339 e. The largest absolute Gasteiger partial charge is 0.339 e. The van der Waals surface area contributed by atoms with Crippen LogP contribution >= 0.6 is 0 Å². The molecule has 1 aromatic heterocycles. The van der Waals surface area contributed by atoms with Crippen molar-refractivity contribution in [3.63, 3.8) is 0 Å². The Bertz CT molecular complexity index is 677. The Kier molecular flexibility index (Phi) is 5.08. The van der Waals surface area contributed by atoms with Crippen LogP contribution < -0.4 is 4.90 Å². The fourth-order valence-corrected chi connectivity index (χ4v) is 5.02. The van der Waals surface area contributed by atoms with E-state index in [1.54, 1.807) is 8.61 Å². The minimum absolute atomic E-state index is 0.494. The highest BCUT2D eigenvalue weighted by molar-refractivity contribution is 7.86. The number of hydrogen-bond acceptors (Lipinski definition) is 5. The van der Waals surface area contributed by atoms with Crippen LogP contribution in [0.5, 0.6) is 0 Å². The molecule has 2 aliphatic rings. The second-order valence-corrected chi connectivity index (χ2v) is 8.60. The number of hydrogen-bond donors (Lipinski definition) is 0. The van der Waals surface area contributed by atoms with Crippen LogP contribution in [0.4, 0.5) is 5.95 Å². The van der Waals surface area contributed by atoms with Crippen LogP contribution in [-0.4, -0.2) is 66.3 Å². The standard InChI is InChI=1S/C16H27N5O2S/c1-13-14(2)17-16(18-15(13)3)19-7-6-10-21(12-11-19)24(22,23)20-8-4-5-9-20/h4-12H2,1-3H3. The summed E-state index contributed by atoms with van der Waals surface area (Å²) in [4.78, 5) is 11.3. The van der Waals surface area contributed by atoms with E-state index in [4.69, 9.17) is 0 Å². The molecule has 24 heavy (non-hydrogen) atoms. The molecule has 1 aromatic rings. The number of aromatic nitrogens is 2. The van der Waals surface area contributed by atoms with Crippen molar-refractivity contribution in [1.29, 1.82) is 0 Å². The lowest BCUT2D eigenvalue weighted by atomic mass is 10.2. The molecule has 7 nitrogen and oxygen atoms in total. The van der Waals surface area contributed by atoms with Gasteiger partial charge in [-0.25, -0.2) is 9.97 Å². The first kappa shape index (κ1) is 17.6. The maximum absolute atomic E-state index is 12.7. The molecule has 0 radical (unpaired) electrons. The molecular formula is C16H27N5O2S. The third-order valence-corrected chi connectivity index (χ3v) is 7.11. The van der Waals surface area contributed by atoms with E-state index in [2.05, 4.69) is 14.9 Å². The number of anilines is 1. The lowest BCUT2D eigenvalue weighted by molar-refractivity contribution is 0.373. The summed E-state index contributed by atoms with van der Waals surface area (Å²) >= 11 is 0. The summed E-state index contributed by atoms with van der Waals surface area (Å²) < 4.78 is 28.7. The lowest BCUT2D eigenvalue weighted by Gasteiger charge is -2.26. The van der Waals surface area contributed by atoms with Gasteiger partial charge in [0.2, 0.25) is 5.95 Å². The average Bonchev–Trinajstić information content (AvgIpc) is 2.97. The van der Waals surface area contributed by atoms with Gasteiger partial charge in [0.25, 0.3) is 10.2 Å². The van der Waals surface area contributed by atoms with Gasteiger partial charge < -0.3 is 4.90 Å². The van der Waals surface area contributed by atoms with Gasteiger partial charge in [0.05, 0.1) is 0 Å². The van der Waals surface area contributed by atoms with E-state index < -0.39 is 10.2 Å². The van der Waals surface area contributed by atoms with Crippen molar-refractivity contribution in [1.82, 2.24) is 18.6 Å². The molecule has 0 atom stereocenters. The zero-order valence-corrected chi connectivity index (χ0v) is 15.6. The van der Waals surface area contributed by atoms with Gasteiger partial charge in [-0.15, -0.1) is 0 Å². The van der Waals surface area contributed by atoms with Gasteiger partial charge in [0.1, 0.15) is 0 Å². The summed E-state index contributed by atoms with van der Waals surface area (Å²) in [6.45, 7) is 9.81. The molecule has 2 fully saturated rings. The molecule has 2 aliphatic heterocycles. The highest BCUT2D eigenvalue weighted by Gasteiger charge is 2.33. The van der Waals surface area contributed by atoms with Crippen LogP contribution in [0.25, 0.3) is 0 Å². The van der Waals surface area contributed by atoms with E-state index in [9.17, 15) is 8.42 Å². The Morgan fingerprint density at radius 1 is 0.750 bits per heavy atom. The molecule has 0 bridgehead atoms. The molecule has 3 rings (SSSR count). The van der Waals surface area contributed by atoms with Crippen LogP contribution in [0.1, 0.15) is 36.2 Å². The Balaban J connectivity index is 1.73. The van der Waals surface area contributed by atoms with Gasteiger partial charge in [0.15, 0.2) is 0 Å². The number of rotatable bonds is 3. The lowest BCUT2D eigenvalue weighted by Crippen LogP contribution is -2.44. The van der Waals surface area contributed by atoms with Gasteiger partial charge in [0, 0.05) is 50.7 Å². The maximum atomic E-state index is 12.7. The van der Waals surface area contributed by atoms with Crippen LogP contribution in [0.15, 0.2) is 0 Å². The normalized spacial score (nSPS) is 21.2. The Morgan fingerprint density at radius 2 is 1.29 bits per heavy atom. The first-order chi connectivity index (χ1) is 11.4. The van der Waals surface area contributed by atoms with E-state index in [0.717, 1.165) is 48.7 Å². The molecule has 0 aliphatic carbocycles. The molecule has 0 amide bonds. The van der Waals surface area contributed by atoms with Gasteiger partial charge in [-0.2, -0.15) is 17.0 Å². The summed E-state index contributed by atoms with van der Waals surface area (Å²) in [5.41, 5.74) is 3.10. The van der Waals surface area contributed by atoms with Crippen molar-refractivity contribution >= 4 is 16.2 Å². The fourth-order valence-electron chi connectivity index (χ4n) is 3.30. The molecule has 3 heterocycles. The first-order valence-corrected chi connectivity index (χ1v) is 10.1. The summed E-state index contributed by atoms with van der Waals surface area (Å²) in [6, 6.07) is 0. The Labute approximate surface area is 144 Å². The van der Waals surface area contributed by atoms with Crippen LogP contribution in [-0.2, 0) is 10.2 Å². The van der Waals surface area contributed by atoms with Crippen molar-refractivity contribution in [3.8, 4) is 0 Å². The van der Waals surface area contributed by atoms with E-state index in [-0.39, 0.29) is 0 Å². The molecule has 2 saturated heterocycles. The van der Waals surface area contributed by atoms with Gasteiger partial charge in [-0.1, -0.05) is 0 Å². The topological polar surface area (TPSA) is 69.6 Å². The minimum atomic E-state index is -3.31. The Hall–Kier alpha value is -1.25. The summed E-state index contributed by atoms with van der Waals surface area (Å²) in [6.07, 6.45) is 2.73. The van der Waals surface area contributed by atoms with Crippen molar-refractivity contribution < 1.29 is 8.42 Å². The molecule has 0 aromatic carbocycles. The average molecular weight is 353 g/mol. The van der Waals surface area contributed by atoms with Crippen molar-refractivity contribution in [2.75, 3.05) is 44.2 Å². The highest BCUT2D eigenvalue weighted by Crippen LogP contribution is 2.20. The Morgan fingerprint density at radius 3 is 1.92 bits per heavy atom. The molecule has 0 N–H and O–H groups in total. The monoisotopic (exact) mass is 353 g/mol.